The van der Waals surface area contributed by atoms with Gasteiger partial charge in [-0.3, -0.25) is 4.90 Å². The fraction of sp³-hybridized carbons (Fsp3) is 1.00. The largest absolute Gasteiger partial charge is 0.329 e. The molecule has 0 aromatic carbocycles. The van der Waals surface area contributed by atoms with E-state index < -0.39 is 0 Å². The first-order valence-corrected chi connectivity index (χ1v) is 8.91. The summed E-state index contributed by atoms with van der Waals surface area (Å²) in [5.41, 5.74) is 6.57. The van der Waals surface area contributed by atoms with E-state index in [1.165, 1.54) is 77.7 Å². The summed E-state index contributed by atoms with van der Waals surface area (Å²) in [6.45, 7) is 11.7. The van der Waals surface area contributed by atoms with Crippen molar-refractivity contribution in [3.05, 3.63) is 0 Å². The minimum absolute atomic E-state index is 0.307. The second kappa shape index (κ2) is 7.77. The smallest absolute Gasteiger partial charge is 0.0344 e. The lowest BCUT2D eigenvalue weighted by atomic mass is 9.84. The molecule has 0 saturated carbocycles. The van der Waals surface area contributed by atoms with Gasteiger partial charge in [0.15, 0.2) is 0 Å². The molecule has 118 valence electrons. The molecule has 2 rings (SSSR count). The molecule has 1 unspecified atom stereocenters. The molecule has 2 saturated heterocycles. The topological polar surface area (TPSA) is 32.5 Å². The van der Waals surface area contributed by atoms with Crippen molar-refractivity contribution < 1.29 is 0 Å². The van der Waals surface area contributed by atoms with E-state index in [0.29, 0.717) is 5.54 Å². The Labute approximate surface area is 125 Å². The van der Waals surface area contributed by atoms with Gasteiger partial charge in [0.2, 0.25) is 0 Å². The van der Waals surface area contributed by atoms with Gasteiger partial charge in [-0.2, -0.15) is 0 Å². The van der Waals surface area contributed by atoms with Crippen molar-refractivity contribution >= 4 is 0 Å². The minimum atomic E-state index is 0.307. The Bertz CT molecular complexity index is 273. The van der Waals surface area contributed by atoms with Gasteiger partial charge < -0.3 is 10.6 Å². The molecule has 2 heterocycles. The van der Waals surface area contributed by atoms with Crippen molar-refractivity contribution in [3.8, 4) is 0 Å². The molecule has 0 aromatic heterocycles. The van der Waals surface area contributed by atoms with Crippen LogP contribution in [0.1, 0.15) is 58.8 Å². The number of likely N-dealkylation sites (tertiary alicyclic amines) is 2. The van der Waals surface area contributed by atoms with Crippen molar-refractivity contribution in [2.75, 3.05) is 39.3 Å². The Morgan fingerprint density at radius 3 is 2.40 bits per heavy atom. The van der Waals surface area contributed by atoms with E-state index in [2.05, 4.69) is 23.6 Å². The molecule has 20 heavy (non-hydrogen) atoms. The summed E-state index contributed by atoms with van der Waals surface area (Å²) in [7, 11) is 0. The number of hydrogen-bond acceptors (Lipinski definition) is 3. The van der Waals surface area contributed by atoms with Crippen LogP contribution < -0.4 is 5.73 Å². The van der Waals surface area contributed by atoms with Gasteiger partial charge in [-0.15, -0.1) is 0 Å². The van der Waals surface area contributed by atoms with Gasteiger partial charge in [0, 0.05) is 12.1 Å². The lowest BCUT2D eigenvalue weighted by molar-refractivity contribution is 0.0416. The van der Waals surface area contributed by atoms with Crippen LogP contribution in [0, 0.1) is 5.92 Å². The zero-order valence-corrected chi connectivity index (χ0v) is 13.7. The maximum atomic E-state index is 6.26. The Hall–Kier alpha value is -0.120. The first-order chi connectivity index (χ1) is 9.74. The lowest BCUT2D eigenvalue weighted by Crippen LogP contribution is -2.56. The SMILES string of the molecule is CCCC1CCN(C2(CN)CCCN(CC)CC2)CC1. The molecule has 2 aliphatic rings. The molecular formula is C17H35N3. The molecule has 2 N–H and O–H groups in total. The molecule has 2 aliphatic heterocycles. The molecule has 0 aliphatic carbocycles. The monoisotopic (exact) mass is 281 g/mol. The average molecular weight is 281 g/mol. The summed E-state index contributed by atoms with van der Waals surface area (Å²) in [6.07, 6.45) is 9.46. The third kappa shape index (κ3) is 3.75. The third-order valence-electron chi connectivity index (χ3n) is 5.82. The molecule has 3 heteroatoms. The Kier molecular flexibility index (Phi) is 6.31. The van der Waals surface area contributed by atoms with Crippen molar-refractivity contribution in [2.45, 2.75) is 64.3 Å². The first kappa shape index (κ1) is 16.3. The van der Waals surface area contributed by atoms with E-state index in [9.17, 15) is 0 Å². The standard InChI is InChI=1S/C17H35N3/c1-3-6-16-7-12-20(13-8-16)17(15-18)9-5-11-19(4-2)14-10-17/h16H,3-15,18H2,1-2H3. The van der Waals surface area contributed by atoms with Crippen LogP contribution in [-0.4, -0.2) is 54.6 Å². The van der Waals surface area contributed by atoms with Crippen molar-refractivity contribution in [1.29, 1.82) is 0 Å². The highest BCUT2D eigenvalue weighted by molar-refractivity contribution is 4.96. The average Bonchev–Trinajstić information content (AvgIpc) is 2.71. The molecule has 0 spiro atoms. The lowest BCUT2D eigenvalue weighted by Gasteiger charge is -2.46. The zero-order valence-electron chi connectivity index (χ0n) is 13.7. The van der Waals surface area contributed by atoms with E-state index >= 15 is 0 Å². The highest BCUT2D eigenvalue weighted by Crippen LogP contribution is 2.33. The van der Waals surface area contributed by atoms with Gasteiger partial charge in [-0.25, -0.2) is 0 Å². The maximum absolute atomic E-state index is 6.26. The number of nitrogens with zero attached hydrogens (tertiary/aromatic N) is 2. The summed E-state index contributed by atoms with van der Waals surface area (Å²) in [6, 6.07) is 0. The number of piperidine rings is 1. The van der Waals surface area contributed by atoms with Crippen molar-refractivity contribution in [1.82, 2.24) is 9.80 Å². The Balaban J connectivity index is 1.94. The first-order valence-electron chi connectivity index (χ1n) is 8.91. The molecule has 1 atom stereocenters. The summed E-state index contributed by atoms with van der Waals surface area (Å²) in [5, 5.41) is 0. The summed E-state index contributed by atoms with van der Waals surface area (Å²) < 4.78 is 0. The molecule has 0 amide bonds. The van der Waals surface area contributed by atoms with Crippen LogP contribution in [0.4, 0.5) is 0 Å². The van der Waals surface area contributed by atoms with Crippen LogP contribution in [-0.2, 0) is 0 Å². The van der Waals surface area contributed by atoms with Crippen molar-refractivity contribution in [3.63, 3.8) is 0 Å². The van der Waals surface area contributed by atoms with Gasteiger partial charge in [0.05, 0.1) is 0 Å². The summed E-state index contributed by atoms with van der Waals surface area (Å²) in [4.78, 5) is 5.36. The minimum Gasteiger partial charge on any atom is -0.329 e. The van der Waals surface area contributed by atoms with E-state index in [-0.39, 0.29) is 0 Å². The van der Waals surface area contributed by atoms with E-state index in [0.717, 1.165) is 12.5 Å². The van der Waals surface area contributed by atoms with Crippen LogP contribution in [0.2, 0.25) is 0 Å². The van der Waals surface area contributed by atoms with Gasteiger partial charge >= 0.3 is 0 Å². The zero-order chi connectivity index (χ0) is 14.4. The van der Waals surface area contributed by atoms with Crippen LogP contribution in [0.25, 0.3) is 0 Å². The van der Waals surface area contributed by atoms with E-state index in [1.54, 1.807) is 0 Å². The number of rotatable bonds is 5. The van der Waals surface area contributed by atoms with Gasteiger partial charge in [0.1, 0.15) is 0 Å². The molecular weight excluding hydrogens is 246 g/mol. The highest BCUT2D eigenvalue weighted by atomic mass is 15.2. The summed E-state index contributed by atoms with van der Waals surface area (Å²) in [5.74, 6) is 0.976. The molecule has 2 fully saturated rings. The predicted octanol–water partition coefficient (Wildman–Crippen LogP) is 2.70. The Morgan fingerprint density at radius 2 is 1.80 bits per heavy atom. The van der Waals surface area contributed by atoms with E-state index in [1.807, 2.05) is 0 Å². The quantitative estimate of drug-likeness (QED) is 0.841. The third-order valence-corrected chi connectivity index (χ3v) is 5.82. The highest BCUT2D eigenvalue weighted by Gasteiger charge is 2.38. The maximum Gasteiger partial charge on any atom is 0.0344 e. The molecule has 0 bridgehead atoms. The second-order valence-electron chi connectivity index (χ2n) is 6.94. The number of hydrogen-bond donors (Lipinski definition) is 1. The molecule has 0 aromatic rings. The molecule has 0 radical (unpaired) electrons. The fourth-order valence-electron chi connectivity index (χ4n) is 4.30. The number of nitrogens with two attached hydrogens (primary N) is 1. The van der Waals surface area contributed by atoms with Crippen LogP contribution in [0.3, 0.4) is 0 Å². The van der Waals surface area contributed by atoms with Crippen LogP contribution >= 0.6 is 0 Å². The van der Waals surface area contributed by atoms with Crippen LogP contribution in [0.5, 0.6) is 0 Å². The molecule has 3 nitrogen and oxygen atoms in total. The predicted molar refractivity (Wildman–Crippen MR) is 87.0 cm³/mol. The van der Waals surface area contributed by atoms with Crippen LogP contribution in [0.15, 0.2) is 0 Å². The van der Waals surface area contributed by atoms with E-state index in [4.69, 9.17) is 5.73 Å². The van der Waals surface area contributed by atoms with Gasteiger partial charge in [-0.05, 0) is 70.7 Å². The normalized spacial score (nSPS) is 31.4. The van der Waals surface area contributed by atoms with Gasteiger partial charge in [-0.1, -0.05) is 26.7 Å². The fourth-order valence-corrected chi connectivity index (χ4v) is 4.30. The van der Waals surface area contributed by atoms with Gasteiger partial charge in [0.25, 0.3) is 0 Å². The Morgan fingerprint density at radius 1 is 1.05 bits per heavy atom. The summed E-state index contributed by atoms with van der Waals surface area (Å²) >= 11 is 0. The van der Waals surface area contributed by atoms with Crippen molar-refractivity contribution in [2.24, 2.45) is 11.7 Å². The second-order valence-corrected chi connectivity index (χ2v) is 6.94.